The van der Waals surface area contributed by atoms with Gasteiger partial charge in [-0.25, -0.2) is 8.78 Å². The number of anilines is 4. The van der Waals surface area contributed by atoms with E-state index in [0.717, 1.165) is 18.0 Å². The van der Waals surface area contributed by atoms with E-state index in [2.05, 4.69) is 40.8 Å². The maximum Gasteiger partial charge on any atom is 0.235 e. The number of nitrogens with one attached hydrogen (secondary N) is 3. The third-order valence-electron chi connectivity index (χ3n) is 5.07. The Morgan fingerprint density at radius 1 is 1.18 bits per heavy atom. The highest BCUT2D eigenvalue weighted by atomic mass is 19.1. The van der Waals surface area contributed by atoms with Crippen LogP contribution in [0.25, 0.3) is 0 Å². The molecular formula is C21H27F2N9O2. The molecule has 1 aliphatic heterocycles. The Balaban J connectivity index is 1.68. The summed E-state index contributed by atoms with van der Waals surface area (Å²) in [5.41, 5.74) is 0.847. The molecule has 0 amide bonds. The predicted octanol–water partition coefficient (Wildman–Crippen LogP) is 2.73. The van der Waals surface area contributed by atoms with Gasteiger partial charge in [-0.3, -0.25) is 10.1 Å². The first kappa shape index (κ1) is 23.7. The van der Waals surface area contributed by atoms with Gasteiger partial charge in [0.1, 0.15) is 17.3 Å². The van der Waals surface area contributed by atoms with Crippen molar-refractivity contribution in [1.29, 1.82) is 0 Å². The number of hydrogen-bond donors (Lipinski definition) is 3. The SMILES string of the molecule is COC[C@H](Nc1nc(Nc2cc(C)[nH]n2)nc(N2C[C@@H](C)O[C@@H](C)C2)n1)c1ncc(F)cc1F. The summed E-state index contributed by atoms with van der Waals surface area (Å²) in [5, 5.41) is 13.1. The minimum Gasteiger partial charge on any atom is -0.382 e. The molecule has 0 unspecified atom stereocenters. The van der Waals surface area contributed by atoms with E-state index in [0.29, 0.717) is 24.9 Å². The molecule has 11 nitrogen and oxygen atoms in total. The molecule has 3 aromatic rings. The highest BCUT2D eigenvalue weighted by molar-refractivity contribution is 5.53. The van der Waals surface area contributed by atoms with Gasteiger partial charge in [-0.1, -0.05) is 0 Å². The van der Waals surface area contributed by atoms with Gasteiger partial charge in [0.25, 0.3) is 0 Å². The molecule has 3 aromatic heterocycles. The van der Waals surface area contributed by atoms with Crippen LogP contribution in [0.4, 0.5) is 32.4 Å². The summed E-state index contributed by atoms with van der Waals surface area (Å²) >= 11 is 0. The summed E-state index contributed by atoms with van der Waals surface area (Å²) in [4.78, 5) is 19.4. The molecule has 0 radical (unpaired) electrons. The van der Waals surface area contributed by atoms with Gasteiger partial charge < -0.3 is 25.0 Å². The Labute approximate surface area is 195 Å². The second kappa shape index (κ2) is 10.2. The van der Waals surface area contributed by atoms with Crippen molar-refractivity contribution in [2.45, 2.75) is 39.0 Å². The molecule has 1 saturated heterocycles. The molecule has 34 heavy (non-hydrogen) atoms. The van der Waals surface area contributed by atoms with Crippen LogP contribution in [0.1, 0.15) is 31.3 Å². The van der Waals surface area contributed by atoms with Crippen molar-refractivity contribution < 1.29 is 18.3 Å². The smallest absolute Gasteiger partial charge is 0.235 e. The Bertz CT molecular complexity index is 1120. The lowest BCUT2D eigenvalue weighted by atomic mass is 10.2. The van der Waals surface area contributed by atoms with Crippen molar-refractivity contribution in [3.05, 3.63) is 41.4 Å². The molecular weight excluding hydrogens is 448 g/mol. The molecule has 1 aliphatic rings. The van der Waals surface area contributed by atoms with E-state index in [4.69, 9.17) is 9.47 Å². The van der Waals surface area contributed by atoms with Gasteiger partial charge in [0, 0.05) is 38.0 Å². The summed E-state index contributed by atoms with van der Waals surface area (Å²) in [6.45, 7) is 7.05. The lowest BCUT2D eigenvalue weighted by Gasteiger charge is -2.35. The van der Waals surface area contributed by atoms with Crippen molar-refractivity contribution in [3.63, 3.8) is 0 Å². The number of morpholine rings is 1. The molecule has 0 aromatic carbocycles. The van der Waals surface area contributed by atoms with Crippen molar-refractivity contribution >= 4 is 23.7 Å². The maximum absolute atomic E-state index is 14.5. The zero-order valence-corrected chi connectivity index (χ0v) is 19.3. The van der Waals surface area contributed by atoms with Crippen LogP contribution in [0, 0.1) is 18.6 Å². The second-order valence-corrected chi connectivity index (χ2v) is 8.18. The van der Waals surface area contributed by atoms with Crippen molar-refractivity contribution in [3.8, 4) is 0 Å². The topological polar surface area (TPSA) is 126 Å². The van der Waals surface area contributed by atoms with Crippen LogP contribution in [-0.4, -0.2) is 69.1 Å². The zero-order valence-electron chi connectivity index (χ0n) is 19.3. The van der Waals surface area contributed by atoms with E-state index in [1.165, 1.54) is 7.11 Å². The fraction of sp³-hybridized carbons (Fsp3) is 0.476. The van der Waals surface area contributed by atoms with E-state index in [1.807, 2.05) is 25.7 Å². The highest BCUT2D eigenvalue weighted by Gasteiger charge is 2.26. The molecule has 0 spiro atoms. The van der Waals surface area contributed by atoms with Crippen LogP contribution in [0.5, 0.6) is 0 Å². The summed E-state index contributed by atoms with van der Waals surface area (Å²) < 4.78 is 38.9. The van der Waals surface area contributed by atoms with E-state index >= 15 is 0 Å². The number of methoxy groups -OCH3 is 1. The molecule has 182 valence electrons. The van der Waals surface area contributed by atoms with Crippen LogP contribution in [0.15, 0.2) is 18.3 Å². The fourth-order valence-corrected chi connectivity index (χ4v) is 3.76. The molecule has 0 bridgehead atoms. The first-order chi connectivity index (χ1) is 16.3. The number of hydrogen-bond acceptors (Lipinski definition) is 10. The van der Waals surface area contributed by atoms with Gasteiger partial charge in [0.2, 0.25) is 17.8 Å². The van der Waals surface area contributed by atoms with Gasteiger partial charge >= 0.3 is 0 Å². The second-order valence-electron chi connectivity index (χ2n) is 8.18. The van der Waals surface area contributed by atoms with Crippen molar-refractivity contribution in [1.82, 2.24) is 30.1 Å². The molecule has 1 fully saturated rings. The van der Waals surface area contributed by atoms with Gasteiger partial charge in [0.05, 0.1) is 31.1 Å². The Morgan fingerprint density at radius 2 is 1.91 bits per heavy atom. The number of aromatic amines is 1. The van der Waals surface area contributed by atoms with Crippen LogP contribution in [0.2, 0.25) is 0 Å². The maximum atomic E-state index is 14.5. The minimum atomic E-state index is -0.801. The third kappa shape index (κ3) is 5.72. The first-order valence-electron chi connectivity index (χ1n) is 10.8. The zero-order chi connectivity index (χ0) is 24.2. The van der Waals surface area contributed by atoms with Crippen molar-refractivity contribution in [2.75, 3.05) is 42.3 Å². The summed E-state index contributed by atoms with van der Waals surface area (Å²) in [6.07, 6.45) is 0.924. The largest absolute Gasteiger partial charge is 0.382 e. The summed E-state index contributed by atoms with van der Waals surface area (Å²) in [5.74, 6) is -0.211. The Hall–Kier alpha value is -3.45. The molecule has 13 heteroatoms. The normalized spacial score (nSPS) is 19.2. The van der Waals surface area contributed by atoms with Crippen LogP contribution < -0.4 is 15.5 Å². The summed E-state index contributed by atoms with van der Waals surface area (Å²) in [6, 6.07) is 1.81. The van der Waals surface area contributed by atoms with Gasteiger partial charge in [-0.2, -0.15) is 20.1 Å². The van der Waals surface area contributed by atoms with E-state index < -0.39 is 17.7 Å². The third-order valence-corrected chi connectivity index (χ3v) is 5.07. The average molecular weight is 476 g/mol. The molecule has 0 aliphatic carbocycles. The molecule has 4 rings (SSSR count). The number of H-pyrrole nitrogens is 1. The summed E-state index contributed by atoms with van der Waals surface area (Å²) in [7, 11) is 1.47. The quantitative estimate of drug-likeness (QED) is 0.448. The monoisotopic (exact) mass is 475 g/mol. The Morgan fingerprint density at radius 3 is 2.56 bits per heavy atom. The minimum absolute atomic E-state index is 0.0129. The van der Waals surface area contributed by atoms with Crippen LogP contribution >= 0.6 is 0 Å². The number of pyridine rings is 1. The first-order valence-corrected chi connectivity index (χ1v) is 10.8. The molecule has 3 atom stereocenters. The lowest BCUT2D eigenvalue weighted by molar-refractivity contribution is -0.00572. The van der Waals surface area contributed by atoms with Gasteiger partial charge in [-0.05, 0) is 20.8 Å². The van der Waals surface area contributed by atoms with E-state index in [9.17, 15) is 8.78 Å². The predicted molar refractivity (Wildman–Crippen MR) is 121 cm³/mol. The average Bonchev–Trinajstić information content (AvgIpc) is 3.17. The number of rotatable bonds is 8. The number of aryl methyl sites for hydroxylation is 1. The standard InChI is InChI=1S/C21H27F2N9O2/c1-11-5-17(31-30-11)26-20-27-19(28-21(29-20)32-8-12(2)34-13(3)9-32)25-16(10-33-4)18-15(23)6-14(22)7-24-18/h5-7,12-13,16H,8-10H2,1-4H3,(H3,25,26,27,28,29,30,31)/t12-,13+,16-/m0/s1. The fourth-order valence-electron chi connectivity index (χ4n) is 3.76. The molecule has 0 saturated carbocycles. The molecule has 4 heterocycles. The number of aromatic nitrogens is 6. The highest BCUT2D eigenvalue weighted by Crippen LogP contribution is 2.24. The van der Waals surface area contributed by atoms with E-state index in [1.54, 1.807) is 6.07 Å². The van der Waals surface area contributed by atoms with E-state index in [-0.39, 0.29) is 36.4 Å². The molecule has 3 N–H and O–H groups in total. The van der Waals surface area contributed by atoms with Crippen molar-refractivity contribution in [2.24, 2.45) is 0 Å². The lowest BCUT2D eigenvalue weighted by Crippen LogP contribution is -2.46. The Kier molecular flexibility index (Phi) is 7.12. The van der Waals surface area contributed by atoms with Crippen LogP contribution in [0.3, 0.4) is 0 Å². The number of halogens is 2. The van der Waals surface area contributed by atoms with Crippen LogP contribution in [-0.2, 0) is 9.47 Å². The number of nitrogens with zero attached hydrogens (tertiary/aromatic N) is 6. The van der Waals surface area contributed by atoms with Gasteiger partial charge in [-0.15, -0.1) is 0 Å². The van der Waals surface area contributed by atoms with Gasteiger partial charge in [0.15, 0.2) is 5.82 Å². The number of ether oxygens (including phenoxy) is 2.